The van der Waals surface area contributed by atoms with Gasteiger partial charge >= 0.3 is 0 Å². The van der Waals surface area contributed by atoms with Crippen LogP contribution in [0.15, 0.2) is 16.8 Å². The summed E-state index contributed by atoms with van der Waals surface area (Å²) in [5.74, 6) is 0.191. The van der Waals surface area contributed by atoms with Crippen LogP contribution in [0.25, 0.3) is 0 Å². The molecule has 1 aromatic heterocycles. The molecule has 0 bridgehead atoms. The van der Waals surface area contributed by atoms with Gasteiger partial charge in [0, 0.05) is 6.61 Å². The molecule has 92 valence electrons. The number of amides is 1. The molecular formula is C12H16N2O2S. The standard InChI is InChI=1S/C12H16N2O2S/c1-8-12(15)14(10-2-4-16-6-10)11(13-8)9-3-5-17-7-9/h3,5,7-8,10-11,13H,2,4,6H2,1H3. The predicted octanol–water partition coefficient (Wildman–Crippen LogP) is 1.36. The maximum Gasteiger partial charge on any atom is 0.241 e. The first kappa shape index (κ1) is 11.2. The Labute approximate surface area is 105 Å². The minimum absolute atomic E-state index is 0.0236. The van der Waals surface area contributed by atoms with Crippen molar-refractivity contribution >= 4 is 17.2 Å². The Morgan fingerprint density at radius 2 is 2.47 bits per heavy atom. The molecule has 1 aromatic rings. The fourth-order valence-corrected chi connectivity index (χ4v) is 3.24. The first-order valence-corrected chi connectivity index (χ1v) is 6.89. The molecular weight excluding hydrogens is 236 g/mol. The number of ether oxygens (including phenoxy) is 1. The third kappa shape index (κ3) is 1.88. The number of carbonyl (C=O) groups is 1. The van der Waals surface area contributed by atoms with Gasteiger partial charge in [0.05, 0.1) is 18.7 Å². The van der Waals surface area contributed by atoms with Gasteiger partial charge in [0.15, 0.2) is 0 Å². The lowest BCUT2D eigenvalue weighted by atomic mass is 10.1. The quantitative estimate of drug-likeness (QED) is 0.864. The average molecular weight is 252 g/mol. The van der Waals surface area contributed by atoms with Crippen LogP contribution in [-0.4, -0.2) is 36.1 Å². The molecule has 3 atom stereocenters. The molecule has 0 aliphatic carbocycles. The van der Waals surface area contributed by atoms with E-state index in [1.165, 1.54) is 5.56 Å². The van der Waals surface area contributed by atoms with Gasteiger partial charge in [0.1, 0.15) is 6.17 Å². The van der Waals surface area contributed by atoms with E-state index in [-0.39, 0.29) is 24.2 Å². The lowest BCUT2D eigenvalue weighted by Crippen LogP contribution is -2.40. The summed E-state index contributed by atoms with van der Waals surface area (Å²) in [6.45, 7) is 3.36. The first-order chi connectivity index (χ1) is 8.27. The molecule has 2 saturated heterocycles. The zero-order valence-corrected chi connectivity index (χ0v) is 10.6. The van der Waals surface area contributed by atoms with Crippen molar-refractivity contribution in [1.29, 1.82) is 0 Å². The van der Waals surface area contributed by atoms with E-state index in [9.17, 15) is 4.79 Å². The van der Waals surface area contributed by atoms with E-state index in [0.717, 1.165) is 13.0 Å². The second kappa shape index (κ2) is 4.40. The van der Waals surface area contributed by atoms with E-state index in [1.54, 1.807) is 11.3 Å². The average Bonchev–Trinajstić information content (AvgIpc) is 3.01. The number of nitrogens with zero attached hydrogens (tertiary/aromatic N) is 1. The van der Waals surface area contributed by atoms with Crippen molar-refractivity contribution in [3.05, 3.63) is 22.4 Å². The minimum Gasteiger partial charge on any atom is -0.379 e. The van der Waals surface area contributed by atoms with Crippen LogP contribution >= 0.6 is 11.3 Å². The Kier molecular flexibility index (Phi) is 2.90. The van der Waals surface area contributed by atoms with E-state index in [4.69, 9.17) is 4.74 Å². The zero-order valence-electron chi connectivity index (χ0n) is 9.76. The highest BCUT2D eigenvalue weighted by atomic mass is 32.1. The molecule has 3 rings (SSSR count). The molecule has 5 heteroatoms. The van der Waals surface area contributed by atoms with Gasteiger partial charge < -0.3 is 9.64 Å². The van der Waals surface area contributed by atoms with Crippen molar-refractivity contribution in [2.75, 3.05) is 13.2 Å². The fourth-order valence-electron chi connectivity index (χ4n) is 2.56. The monoisotopic (exact) mass is 252 g/mol. The van der Waals surface area contributed by atoms with Crippen LogP contribution in [-0.2, 0) is 9.53 Å². The zero-order chi connectivity index (χ0) is 11.8. The molecule has 17 heavy (non-hydrogen) atoms. The summed E-state index contributed by atoms with van der Waals surface area (Å²) in [5, 5.41) is 7.51. The van der Waals surface area contributed by atoms with Crippen molar-refractivity contribution in [2.24, 2.45) is 0 Å². The molecule has 3 unspecified atom stereocenters. The highest BCUT2D eigenvalue weighted by molar-refractivity contribution is 7.07. The van der Waals surface area contributed by atoms with Crippen molar-refractivity contribution in [1.82, 2.24) is 10.2 Å². The third-order valence-corrected chi connectivity index (χ3v) is 4.17. The van der Waals surface area contributed by atoms with Gasteiger partial charge in [0.2, 0.25) is 5.91 Å². The van der Waals surface area contributed by atoms with Crippen molar-refractivity contribution in [3.63, 3.8) is 0 Å². The molecule has 2 aliphatic rings. The topological polar surface area (TPSA) is 41.6 Å². The molecule has 0 aromatic carbocycles. The Bertz CT molecular complexity index is 401. The number of rotatable bonds is 2. The number of hydrogen-bond acceptors (Lipinski definition) is 4. The Morgan fingerprint density at radius 3 is 3.12 bits per heavy atom. The van der Waals surface area contributed by atoms with Crippen LogP contribution in [0.5, 0.6) is 0 Å². The Balaban J connectivity index is 1.88. The molecule has 1 amide bonds. The summed E-state index contributed by atoms with van der Waals surface area (Å²) < 4.78 is 5.40. The molecule has 2 aliphatic heterocycles. The smallest absolute Gasteiger partial charge is 0.241 e. The lowest BCUT2D eigenvalue weighted by Gasteiger charge is -2.28. The van der Waals surface area contributed by atoms with E-state index >= 15 is 0 Å². The molecule has 0 radical (unpaired) electrons. The highest BCUT2D eigenvalue weighted by Gasteiger charge is 2.42. The fraction of sp³-hybridized carbons (Fsp3) is 0.583. The van der Waals surface area contributed by atoms with Crippen LogP contribution in [0.1, 0.15) is 25.1 Å². The summed E-state index contributed by atoms with van der Waals surface area (Å²) in [4.78, 5) is 14.2. The number of carbonyl (C=O) groups excluding carboxylic acids is 1. The number of hydrogen-bond donors (Lipinski definition) is 1. The molecule has 4 nitrogen and oxygen atoms in total. The third-order valence-electron chi connectivity index (χ3n) is 3.47. The number of nitrogens with one attached hydrogen (secondary N) is 1. The summed E-state index contributed by atoms with van der Waals surface area (Å²) in [7, 11) is 0. The van der Waals surface area contributed by atoms with Crippen LogP contribution < -0.4 is 5.32 Å². The van der Waals surface area contributed by atoms with Crippen LogP contribution in [0, 0.1) is 0 Å². The molecule has 0 saturated carbocycles. The molecule has 3 heterocycles. The Morgan fingerprint density at radius 1 is 1.59 bits per heavy atom. The van der Waals surface area contributed by atoms with Crippen molar-refractivity contribution in [3.8, 4) is 0 Å². The Hall–Kier alpha value is -0.910. The van der Waals surface area contributed by atoms with Crippen LogP contribution in [0.2, 0.25) is 0 Å². The van der Waals surface area contributed by atoms with Gasteiger partial charge in [-0.3, -0.25) is 10.1 Å². The second-order valence-corrected chi connectivity index (χ2v) is 5.39. The summed E-state index contributed by atoms with van der Waals surface area (Å²) in [5.41, 5.74) is 1.18. The lowest BCUT2D eigenvalue weighted by molar-refractivity contribution is -0.132. The highest BCUT2D eigenvalue weighted by Crippen LogP contribution is 2.31. The predicted molar refractivity (Wildman–Crippen MR) is 65.7 cm³/mol. The largest absolute Gasteiger partial charge is 0.379 e. The van der Waals surface area contributed by atoms with E-state index in [2.05, 4.69) is 16.8 Å². The van der Waals surface area contributed by atoms with Gasteiger partial charge in [-0.2, -0.15) is 11.3 Å². The van der Waals surface area contributed by atoms with Gasteiger partial charge in [-0.15, -0.1) is 0 Å². The minimum atomic E-state index is -0.0968. The van der Waals surface area contributed by atoms with Gasteiger partial charge in [0.25, 0.3) is 0 Å². The SMILES string of the molecule is CC1NC(c2ccsc2)N(C2CCOC2)C1=O. The summed E-state index contributed by atoms with van der Waals surface area (Å²) >= 11 is 1.66. The molecule has 0 spiro atoms. The summed E-state index contributed by atoms with van der Waals surface area (Å²) in [6, 6.07) is 2.21. The van der Waals surface area contributed by atoms with Crippen LogP contribution in [0.3, 0.4) is 0 Å². The summed E-state index contributed by atoms with van der Waals surface area (Å²) in [6.07, 6.45) is 0.969. The van der Waals surface area contributed by atoms with Crippen LogP contribution in [0.4, 0.5) is 0 Å². The normalized spacial score (nSPS) is 33.6. The van der Waals surface area contributed by atoms with E-state index in [0.29, 0.717) is 6.61 Å². The van der Waals surface area contributed by atoms with Crippen molar-refractivity contribution in [2.45, 2.75) is 31.6 Å². The van der Waals surface area contributed by atoms with Gasteiger partial charge in [-0.05, 0) is 35.7 Å². The maximum absolute atomic E-state index is 12.2. The van der Waals surface area contributed by atoms with Gasteiger partial charge in [-0.1, -0.05) is 0 Å². The van der Waals surface area contributed by atoms with Crippen molar-refractivity contribution < 1.29 is 9.53 Å². The molecule has 2 fully saturated rings. The maximum atomic E-state index is 12.2. The second-order valence-electron chi connectivity index (χ2n) is 4.61. The van der Waals surface area contributed by atoms with Gasteiger partial charge in [-0.25, -0.2) is 0 Å². The van der Waals surface area contributed by atoms with E-state index in [1.807, 2.05) is 17.2 Å². The molecule has 1 N–H and O–H groups in total. The first-order valence-electron chi connectivity index (χ1n) is 5.95. The number of thiophene rings is 1. The van der Waals surface area contributed by atoms with E-state index < -0.39 is 0 Å².